The Balaban J connectivity index is 1.62. The van der Waals surface area contributed by atoms with E-state index in [1.165, 1.54) is 29.8 Å². The van der Waals surface area contributed by atoms with E-state index in [1.54, 1.807) is 30.5 Å². The topological polar surface area (TPSA) is 27.1 Å². The Morgan fingerprint density at radius 3 is 2.14 bits per heavy atom. The number of hydrogen-bond acceptors (Lipinski definition) is 2. The Morgan fingerprint density at radius 2 is 1.48 bits per heavy atom. The smallest absolute Gasteiger partial charge is 0.238 e. The lowest BCUT2D eigenvalue weighted by molar-refractivity contribution is 0.312. The Labute approximate surface area is 168 Å². The lowest BCUT2D eigenvalue weighted by Crippen LogP contribution is -2.07. The zero-order valence-electron chi connectivity index (χ0n) is 16.5. The molecule has 5 heteroatoms. The first-order chi connectivity index (χ1) is 14.0. The fraction of sp³-hybridized carbons (Fsp3) is 0.208. The highest BCUT2D eigenvalue weighted by Gasteiger charge is 2.16. The predicted octanol–water partition coefficient (Wildman–Crippen LogP) is 5.60. The zero-order chi connectivity index (χ0) is 20.4. The molecule has 2 heterocycles. The van der Waals surface area contributed by atoms with E-state index in [1.807, 2.05) is 6.07 Å². The van der Waals surface area contributed by atoms with Gasteiger partial charge in [0, 0.05) is 30.2 Å². The maximum Gasteiger partial charge on any atom is 0.238 e. The van der Waals surface area contributed by atoms with Crippen LogP contribution >= 0.6 is 0 Å². The van der Waals surface area contributed by atoms with Gasteiger partial charge < -0.3 is 9.30 Å². The lowest BCUT2D eigenvalue weighted by atomic mass is 10.1. The van der Waals surface area contributed by atoms with Crippen LogP contribution in [0.1, 0.15) is 22.4 Å². The molecule has 0 aliphatic carbocycles. The molecule has 0 fully saturated rings. The Hall–Kier alpha value is -3.21. The second-order valence-corrected chi connectivity index (χ2v) is 7.16. The van der Waals surface area contributed by atoms with Crippen molar-refractivity contribution in [1.82, 2.24) is 9.55 Å². The van der Waals surface area contributed by atoms with Crippen LogP contribution in [0, 0.1) is 25.5 Å². The van der Waals surface area contributed by atoms with Crippen molar-refractivity contribution in [3.05, 3.63) is 94.8 Å². The van der Waals surface area contributed by atoms with E-state index in [0.717, 1.165) is 27.7 Å². The van der Waals surface area contributed by atoms with Gasteiger partial charge in [-0.25, -0.2) is 13.8 Å². The minimum Gasteiger partial charge on any atom is -0.476 e. The molecular weight excluding hydrogens is 370 g/mol. The van der Waals surface area contributed by atoms with Crippen LogP contribution in [0.3, 0.4) is 0 Å². The van der Waals surface area contributed by atoms with E-state index in [0.29, 0.717) is 25.5 Å². The Kier molecular flexibility index (Phi) is 5.30. The van der Waals surface area contributed by atoms with Gasteiger partial charge >= 0.3 is 0 Å². The number of aromatic nitrogens is 2. The van der Waals surface area contributed by atoms with E-state index < -0.39 is 0 Å². The molecule has 0 amide bonds. The third-order valence-corrected chi connectivity index (χ3v) is 5.31. The number of benzene rings is 2. The fourth-order valence-corrected chi connectivity index (χ4v) is 3.56. The van der Waals surface area contributed by atoms with Gasteiger partial charge in [-0.3, -0.25) is 0 Å². The minimum atomic E-state index is -0.245. The van der Waals surface area contributed by atoms with Crippen LogP contribution in [0.25, 0.3) is 10.9 Å². The van der Waals surface area contributed by atoms with Crippen LogP contribution in [0.5, 0.6) is 5.88 Å². The first-order valence-corrected chi connectivity index (χ1v) is 9.59. The summed E-state index contributed by atoms with van der Waals surface area (Å²) in [5.41, 5.74) is 5.25. The summed E-state index contributed by atoms with van der Waals surface area (Å²) in [6, 6.07) is 15.0. The molecule has 0 aliphatic rings. The molecule has 148 valence electrons. The van der Waals surface area contributed by atoms with E-state index >= 15 is 0 Å². The summed E-state index contributed by atoms with van der Waals surface area (Å²) >= 11 is 0. The van der Waals surface area contributed by atoms with Crippen LogP contribution in [0.4, 0.5) is 8.78 Å². The Morgan fingerprint density at radius 1 is 0.862 bits per heavy atom. The highest BCUT2D eigenvalue weighted by molar-refractivity contribution is 5.89. The standard InChI is InChI=1S/C24H22F2N2O/c1-16-17(2)28(15-19-5-9-21(26)10-6-19)23-22(16)11-13-27-24(23)29-14-12-18-3-7-20(25)8-4-18/h3-11,13H,12,14-15H2,1-2H3. The van der Waals surface area contributed by atoms with Crippen molar-refractivity contribution in [3.63, 3.8) is 0 Å². The molecule has 0 spiro atoms. The van der Waals surface area contributed by atoms with Crippen LogP contribution in [0.2, 0.25) is 0 Å². The Bertz CT molecular complexity index is 1130. The number of fused-ring (bicyclic) bond motifs is 1. The van der Waals surface area contributed by atoms with Crippen LogP contribution in [0.15, 0.2) is 60.8 Å². The van der Waals surface area contributed by atoms with E-state index in [9.17, 15) is 8.78 Å². The van der Waals surface area contributed by atoms with Gasteiger partial charge in [-0.1, -0.05) is 24.3 Å². The summed E-state index contributed by atoms with van der Waals surface area (Å²) in [6.45, 7) is 5.20. The number of rotatable bonds is 6. The molecule has 4 aromatic rings. The number of ether oxygens (including phenoxy) is 1. The van der Waals surface area contributed by atoms with E-state index in [4.69, 9.17) is 4.74 Å². The van der Waals surface area contributed by atoms with Gasteiger partial charge in [0.25, 0.3) is 0 Å². The molecule has 0 atom stereocenters. The van der Waals surface area contributed by atoms with Gasteiger partial charge in [-0.2, -0.15) is 0 Å². The summed E-state index contributed by atoms with van der Waals surface area (Å²) in [5.74, 6) is 0.0825. The van der Waals surface area contributed by atoms with Gasteiger partial charge in [0.2, 0.25) is 5.88 Å². The molecule has 0 bridgehead atoms. The normalized spacial score (nSPS) is 11.2. The second kappa shape index (κ2) is 8.03. The van der Waals surface area contributed by atoms with Crippen LogP contribution < -0.4 is 4.74 Å². The molecule has 4 rings (SSSR count). The summed E-state index contributed by atoms with van der Waals surface area (Å²) in [6.07, 6.45) is 2.42. The van der Waals surface area contributed by atoms with Crippen molar-refractivity contribution >= 4 is 10.9 Å². The summed E-state index contributed by atoms with van der Waals surface area (Å²) in [7, 11) is 0. The van der Waals surface area contributed by atoms with Gasteiger partial charge in [0.1, 0.15) is 17.2 Å². The van der Waals surface area contributed by atoms with Gasteiger partial charge in [-0.05, 0) is 60.9 Å². The molecular formula is C24H22F2N2O. The molecule has 0 aliphatic heterocycles. The first kappa shape index (κ1) is 19.1. The number of pyridine rings is 1. The summed E-state index contributed by atoms with van der Waals surface area (Å²) < 4.78 is 34.5. The average Bonchev–Trinajstić information content (AvgIpc) is 2.97. The summed E-state index contributed by atoms with van der Waals surface area (Å²) in [5, 5.41) is 1.09. The number of aryl methyl sites for hydroxylation is 1. The number of halogens is 2. The van der Waals surface area contributed by atoms with Crippen molar-refractivity contribution < 1.29 is 13.5 Å². The lowest BCUT2D eigenvalue weighted by Gasteiger charge is -2.12. The zero-order valence-corrected chi connectivity index (χ0v) is 16.5. The largest absolute Gasteiger partial charge is 0.476 e. The van der Waals surface area contributed by atoms with Crippen molar-refractivity contribution in [1.29, 1.82) is 0 Å². The molecule has 2 aromatic carbocycles. The number of nitrogens with zero attached hydrogens (tertiary/aromatic N) is 2. The molecule has 29 heavy (non-hydrogen) atoms. The third kappa shape index (κ3) is 3.99. The monoisotopic (exact) mass is 392 g/mol. The second-order valence-electron chi connectivity index (χ2n) is 7.16. The summed E-state index contributed by atoms with van der Waals surface area (Å²) in [4.78, 5) is 4.46. The molecule has 0 saturated heterocycles. The van der Waals surface area contributed by atoms with Crippen molar-refractivity contribution in [2.75, 3.05) is 6.61 Å². The van der Waals surface area contributed by atoms with E-state index in [2.05, 4.69) is 23.4 Å². The minimum absolute atomic E-state index is 0.245. The fourth-order valence-electron chi connectivity index (χ4n) is 3.56. The third-order valence-electron chi connectivity index (χ3n) is 5.31. The average molecular weight is 392 g/mol. The molecule has 0 radical (unpaired) electrons. The van der Waals surface area contributed by atoms with Crippen molar-refractivity contribution in [2.24, 2.45) is 0 Å². The highest BCUT2D eigenvalue weighted by atomic mass is 19.1. The number of hydrogen-bond donors (Lipinski definition) is 0. The molecule has 0 unspecified atom stereocenters. The molecule has 0 N–H and O–H groups in total. The highest BCUT2D eigenvalue weighted by Crippen LogP contribution is 2.31. The van der Waals surface area contributed by atoms with E-state index in [-0.39, 0.29) is 11.6 Å². The molecule has 3 nitrogen and oxygen atoms in total. The van der Waals surface area contributed by atoms with Gasteiger partial charge in [0.05, 0.1) is 6.61 Å². The quantitative estimate of drug-likeness (QED) is 0.427. The van der Waals surface area contributed by atoms with Crippen molar-refractivity contribution in [3.8, 4) is 5.88 Å². The van der Waals surface area contributed by atoms with Gasteiger partial charge in [0.15, 0.2) is 0 Å². The molecule has 2 aromatic heterocycles. The maximum atomic E-state index is 13.3. The van der Waals surface area contributed by atoms with Crippen LogP contribution in [-0.2, 0) is 13.0 Å². The van der Waals surface area contributed by atoms with Gasteiger partial charge in [-0.15, -0.1) is 0 Å². The maximum absolute atomic E-state index is 13.3. The van der Waals surface area contributed by atoms with Crippen molar-refractivity contribution in [2.45, 2.75) is 26.8 Å². The van der Waals surface area contributed by atoms with Crippen LogP contribution in [-0.4, -0.2) is 16.2 Å². The SMILES string of the molecule is Cc1c(C)n(Cc2ccc(F)cc2)c2c(OCCc3ccc(F)cc3)nccc12. The molecule has 0 saturated carbocycles. The predicted molar refractivity (Wildman–Crippen MR) is 110 cm³/mol. The first-order valence-electron chi connectivity index (χ1n) is 9.59.